The number of rotatable bonds is 7. The van der Waals surface area contributed by atoms with Gasteiger partial charge >= 0.3 is 0 Å². The molecule has 0 aliphatic carbocycles. The minimum atomic E-state index is 0.0378. The molecule has 1 aromatic carbocycles. The van der Waals surface area contributed by atoms with Gasteiger partial charge in [-0.25, -0.2) is 0 Å². The molecule has 2 N–H and O–H groups in total. The third-order valence-corrected chi connectivity index (χ3v) is 5.81. The molecule has 160 valence electrons. The van der Waals surface area contributed by atoms with E-state index >= 15 is 0 Å². The highest BCUT2D eigenvalue weighted by molar-refractivity contribution is 5.79. The molecule has 0 saturated carbocycles. The predicted octanol–water partition coefficient (Wildman–Crippen LogP) is 1.58. The molecule has 7 nitrogen and oxygen atoms in total. The van der Waals surface area contributed by atoms with Crippen molar-refractivity contribution in [1.82, 2.24) is 20.4 Å². The van der Waals surface area contributed by atoms with E-state index in [1.165, 1.54) is 11.1 Å². The lowest BCUT2D eigenvalue weighted by Crippen LogP contribution is -2.56. The summed E-state index contributed by atoms with van der Waals surface area (Å²) in [4.78, 5) is 20.5. The number of carbonyl (C=O) groups excluding carboxylic acids is 1. The van der Waals surface area contributed by atoms with Gasteiger partial charge in [-0.15, -0.1) is 0 Å². The van der Waals surface area contributed by atoms with E-state index in [1.54, 1.807) is 7.05 Å². The van der Waals surface area contributed by atoms with E-state index in [2.05, 4.69) is 58.6 Å². The third kappa shape index (κ3) is 6.18. The van der Waals surface area contributed by atoms with Crippen molar-refractivity contribution in [1.29, 1.82) is 0 Å². The minimum absolute atomic E-state index is 0.0378. The highest BCUT2D eigenvalue weighted by Gasteiger charge is 2.28. The Bertz CT molecular complexity index is 696. The first-order chi connectivity index (χ1) is 14.0. The number of guanidine groups is 1. The summed E-state index contributed by atoms with van der Waals surface area (Å²) in [6.45, 7) is 11.2. The summed E-state index contributed by atoms with van der Waals surface area (Å²) >= 11 is 0. The number of ether oxygens (including phenoxy) is 1. The Labute approximate surface area is 174 Å². The molecule has 29 heavy (non-hydrogen) atoms. The largest absolute Gasteiger partial charge is 0.379 e. The maximum atomic E-state index is 11.8. The van der Waals surface area contributed by atoms with Crippen molar-refractivity contribution in [2.45, 2.75) is 45.3 Å². The van der Waals surface area contributed by atoms with E-state index in [-0.39, 0.29) is 11.4 Å². The monoisotopic (exact) mass is 401 g/mol. The number of hydrogen-bond donors (Lipinski definition) is 2. The fourth-order valence-electron chi connectivity index (χ4n) is 3.84. The van der Waals surface area contributed by atoms with E-state index in [4.69, 9.17) is 4.74 Å². The maximum Gasteiger partial charge on any atom is 0.222 e. The van der Waals surface area contributed by atoms with Crippen molar-refractivity contribution < 1.29 is 9.53 Å². The van der Waals surface area contributed by atoms with Crippen LogP contribution < -0.4 is 10.6 Å². The van der Waals surface area contributed by atoms with E-state index < -0.39 is 0 Å². The van der Waals surface area contributed by atoms with Crippen LogP contribution in [0.5, 0.6) is 0 Å². The number of nitrogens with one attached hydrogen (secondary N) is 2. The number of amides is 1. The van der Waals surface area contributed by atoms with Crippen LogP contribution in [0.4, 0.5) is 0 Å². The Morgan fingerprint density at radius 1 is 1.10 bits per heavy atom. The van der Waals surface area contributed by atoms with Gasteiger partial charge < -0.3 is 20.3 Å². The molecule has 3 rings (SSSR count). The SMILES string of the molecule is CN=C(NCc1ccc(CN2CCCC2=O)cc1)NCC(C)(C)N1CCOCC1. The molecule has 1 amide bonds. The summed E-state index contributed by atoms with van der Waals surface area (Å²) < 4.78 is 5.46. The van der Waals surface area contributed by atoms with Crippen LogP contribution in [0.1, 0.15) is 37.8 Å². The summed E-state index contributed by atoms with van der Waals surface area (Å²) in [5.41, 5.74) is 2.41. The maximum absolute atomic E-state index is 11.8. The Morgan fingerprint density at radius 3 is 2.41 bits per heavy atom. The van der Waals surface area contributed by atoms with Crippen molar-refractivity contribution >= 4 is 11.9 Å². The van der Waals surface area contributed by atoms with E-state index in [9.17, 15) is 4.79 Å². The molecule has 2 fully saturated rings. The van der Waals surface area contributed by atoms with Gasteiger partial charge in [-0.05, 0) is 31.4 Å². The van der Waals surface area contributed by atoms with Crippen molar-refractivity contribution in [2.24, 2.45) is 4.99 Å². The van der Waals surface area contributed by atoms with Crippen LogP contribution in [0.3, 0.4) is 0 Å². The van der Waals surface area contributed by atoms with E-state index in [0.717, 1.165) is 51.8 Å². The van der Waals surface area contributed by atoms with Gasteiger partial charge in [0.2, 0.25) is 5.91 Å². The lowest BCUT2D eigenvalue weighted by atomic mass is 10.0. The van der Waals surface area contributed by atoms with Gasteiger partial charge in [0, 0.05) is 58.3 Å². The molecule has 2 heterocycles. The molecule has 0 radical (unpaired) electrons. The summed E-state index contributed by atoms with van der Waals surface area (Å²) in [5, 5.41) is 6.85. The molecule has 2 aliphatic rings. The van der Waals surface area contributed by atoms with Crippen molar-refractivity contribution in [2.75, 3.05) is 46.4 Å². The fourth-order valence-corrected chi connectivity index (χ4v) is 3.84. The number of hydrogen-bond acceptors (Lipinski definition) is 4. The highest BCUT2D eigenvalue weighted by Crippen LogP contribution is 2.16. The highest BCUT2D eigenvalue weighted by atomic mass is 16.5. The van der Waals surface area contributed by atoms with Crippen LogP contribution in [0.15, 0.2) is 29.3 Å². The van der Waals surface area contributed by atoms with Crippen LogP contribution >= 0.6 is 0 Å². The average Bonchev–Trinajstić information content (AvgIpc) is 3.14. The van der Waals surface area contributed by atoms with Gasteiger partial charge in [-0.1, -0.05) is 24.3 Å². The second-order valence-electron chi connectivity index (χ2n) is 8.43. The van der Waals surface area contributed by atoms with E-state index in [0.29, 0.717) is 19.5 Å². The summed E-state index contributed by atoms with van der Waals surface area (Å²) in [7, 11) is 1.80. The number of aliphatic imine (C=N–C) groups is 1. The molecule has 1 aromatic rings. The molecule has 0 atom stereocenters. The van der Waals surface area contributed by atoms with Gasteiger partial charge in [0.05, 0.1) is 13.2 Å². The third-order valence-electron chi connectivity index (χ3n) is 5.81. The minimum Gasteiger partial charge on any atom is -0.379 e. The quantitative estimate of drug-likeness (QED) is 0.536. The molecule has 0 aromatic heterocycles. The molecule has 0 bridgehead atoms. The van der Waals surface area contributed by atoms with Crippen LogP contribution in [0, 0.1) is 0 Å². The van der Waals surface area contributed by atoms with Crippen LogP contribution in [-0.2, 0) is 22.6 Å². The first-order valence-corrected chi connectivity index (χ1v) is 10.6. The standard InChI is InChI=1S/C22H35N5O2/c1-22(2,27-11-13-29-14-12-27)17-25-21(23-3)24-15-18-6-8-19(9-7-18)16-26-10-4-5-20(26)28/h6-9H,4-5,10-17H2,1-3H3,(H2,23,24,25). The van der Waals surface area contributed by atoms with Crippen LogP contribution in [0.25, 0.3) is 0 Å². The summed E-state index contributed by atoms with van der Waals surface area (Å²) in [6, 6.07) is 8.46. The van der Waals surface area contributed by atoms with Crippen molar-refractivity contribution in [3.63, 3.8) is 0 Å². The van der Waals surface area contributed by atoms with Gasteiger partial charge in [0.1, 0.15) is 0 Å². The second-order valence-corrected chi connectivity index (χ2v) is 8.43. The Balaban J connectivity index is 1.44. The van der Waals surface area contributed by atoms with Gasteiger partial charge in [-0.2, -0.15) is 0 Å². The predicted molar refractivity (Wildman–Crippen MR) is 116 cm³/mol. The topological polar surface area (TPSA) is 69.2 Å². The van der Waals surface area contributed by atoms with E-state index in [1.807, 2.05) is 4.90 Å². The van der Waals surface area contributed by atoms with Gasteiger partial charge in [-0.3, -0.25) is 14.7 Å². The zero-order chi connectivity index (χ0) is 20.7. The Kier molecular flexibility index (Phi) is 7.50. The van der Waals surface area contributed by atoms with Gasteiger partial charge in [0.15, 0.2) is 5.96 Å². The number of morpholine rings is 1. The zero-order valence-corrected chi connectivity index (χ0v) is 18.0. The first kappa shape index (κ1) is 21.6. The Hall–Kier alpha value is -2.12. The molecular weight excluding hydrogens is 366 g/mol. The first-order valence-electron chi connectivity index (χ1n) is 10.6. The smallest absolute Gasteiger partial charge is 0.222 e. The molecule has 7 heteroatoms. The normalized spacial score (nSPS) is 18.9. The molecular formula is C22H35N5O2. The molecule has 0 spiro atoms. The van der Waals surface area contributed by atoms with Crippen LogP contribution in [-0.4, -0.2) is 73.6 Å². The molecule has 2 aliphatic heterocycles. The summed E-state index contributed by atoms with van der Waals surface area (Å²) in [6.07, 6.45) is 1.67. The lowest BCUT2D eigenvalue weighted by molar-refractivity contribution is -0.128. The Morgan fingerprint density at radius 2 is 1.79 bits per heavy atom. The summed E-state index contributed by atoms with van der Waals surface area (Å²) in [5.74, 6) is 1.07. The second kappa shape index (κ2) is 10.1. The molecule has 0 unspecified atom stereocenters. The number of nitrogens with zero attached hydrogens (tertiary/aromatic N) is 3. The van der Waals surface area contributed by atoms with Crippen LogP contribution in [0.2, 0.25) is 0 Å². The fraction of sp³-hybridized carbons (Fsp3) is 0.636. The zero-order valence-electron chi connectivity index (χ0n) is 18.0. The average molecular weight is 402 g/mol. The molecule has 2 saturated heterocycles. The number of likely N-dealkylation sites (tertiary alicyclic amines) is 1. The van der Waals surface area contributed by atoms with Gasteiger partial charge in [0.25, 0.3) is 0 Å². The van der Waals surface area contributed by atoms with Crippen molar-refractivity contribution in [3.05, 3.63) is 35.4 Å². The number of benzene rings is 1. The van der Waals surface area contributed by atoms with Crippen molar-refractivity contribution in [3.8, 4) is 0 Å². The number of carbonyl (C=O) groups is 1. The lowest BCUT2D eigenvalue weighted by Gasteiger charge is -2.41.